The fourth-order valence-electron chi connectivity index (χ4n) is 1.75. The van der Waals surface area contributed by atoms with Gasteiger partial charge in [-0.2, -0.15) is 0 Å². The van der Waals surface area contributed by atoms with E-state index in [0.29, 0.717) is 10.2 Å². The van der Waals surface area contributed by atoms with Crippen molar-refractivity contribution < 1.29 is 9.18 Å². The SMILES string of the molecule is Nc1cc(NC(=O)CCn2cccc(Br)c2=O)ccc1F. The van der Waals surface area contributed by atoms with Crippen LogP contribution in [0.2, 0.25) is 0 Å². The molecule has 0 saturated heterocycles. The van der Waals surface area contributed by atoms with Gasteiger partial charge in [0.05, 0.1) is 10.2 Å². The molecule has 1 aromatic heterocycles. The smallest absolute Gasteiger partial charge is 0.264 e. The highest BCUT2D eigenvalue weighted by atomic mass is 79.9. The number of nitrogen functional groups attached to an aromatic ring is 1. The highest BCUT2D eigenvalue weighted by molar-refractivity contribution is 9.10. The molecule has 1 heterocycles. The number of hydrogen-bond acceptors (Lipinski definition) is 3. The van der Waals surface area contributed by atoms with E-state index in [1.807, 2.05) is 0 Å². The third kappa shape index (κ3) is 3.91. The normalized spacial score (nSPS) is 10.4. The second-order valence-electron chi connectivity index (χ2n) is 4.39. The predicted octanol–water partition coefficient (Wildman–Crippen LogP) is 2.36. The van der Waals surface area contributed by atoms with Crippen LogP contribution in [0.1, 0.15) is 6.42 Å². The summed E-state index contributed by atoms with van der Waals surface area (Å²) in [5.41, 5.74) is 5.61. The Kier molecular flexibility index (Phi) is 4.74. The molecule has 110 valence electrons. The molecule has 0 aliphatic heterocycles. The Hall–Kier alpha value is -2.15. The van der Waals surface area contributed by atoms with Crippen molar-refractivity contribution >= 4 is 33.2 Å². The summed E-state index contributed by atoms with van der Waals surface area (Å²) >= 11 is 3.14. The molecule has 0 aliphatic rings. The average molecular weight is 354 g/mol. The zero-order valence-corrected chi connectivity index (χ0v) is 12.6. The maximum atomic E-state index is 13.0. The van der Waals surface area contributed by atoms with Gasteiger partial charge in [-0.05, 0) is 46.3 Å². The van der Waals surface area contributed by atoms with Gasteiger partial charge in [0.15, 0.2) is 0 Å². The van der Waals surface area contributed by atoms with Crippen molar-refractivity contribution in [2.45, 2.75) is 13.0 Å². The lowest BCUT2D eigenvalue weighted by molar-refractivity contribution is -0.116. The molecule has 0 unspecified atom stereocenters. The van der Waals surface area contributed by atoms with Gasteiger partial charge < -0.3 is 15.6 Å². The molecule has 0 saturated carbocycles. The topological polar surface area (TPSA) is 77.1 Å². The van der Waals surface area contributed by atoms with Crippen LogP contribution in [-0.4, -0.2) is 10.5 Å². The standard InChI is InChI=1S/C14H13BrFN3O2/c15-10-2-1-6-19(14(10)21)7-5-13(20)18-9-3-4-11(16)12(17)8-9/h1-4,6,8H,5,7,17H2,(H,18,20). The van der Waals surface area contributed by atoms with Crippen molar-refractivity contribution in [3.63, 3.8) is 0 Å². The number of hydrogen-bond donors (Lipinski definition) is 2. The summed E-state index contributed by atoms with van der Waals surface area (Å²) in [6.45, 7) is 0.251. The summed E-state index contributed by atoms with van der Waals surface area (Å²) in [4.78, 5) is 23.6. The Balaban J connectivity index is 1.97. The number of carbonyl (C=O) groups is 1. The Bertz CT molecular complexity index is 730. The number of aromatic nitrogens is 1. The summed E-state index contributed by atoms with van der Waals surface area (Å²) in [6, 6.07) is 7.31. The van der Waals surface area contributed by atoms with Crippen LogP contribution in [0, 0.1) is 5.82 Å². The third-order valence-electron chi connectivity index (χ3n) is 2.83. The van der Waals surface area contributed by atoms with Crippen molar-refractivity contribution in [3.05, 3.63) is 57.2 Å². The molecular weight excluding hydrogens is 341 g/mol. The minimum atomic E-state index is -0.534. The number of anilines is 2. The largest absolute Gasteiger partial charge is 0.396 e. The van der Waals surface area contributed by atoms with Crippen LogP contribution < -0.4 is 16.6 Å². The molecule has 7 heteroatoms. The lowest BCUT2D eigenvalue weighted by Gasteiger charge is -2.08. The molecule has 0 radical (unpaired) electrons. The van der Waals surface area contributed by atoms with Gasteiger partial charge in [-0.1, -0.05) is 0 Å². The number of pyridine rings is 1. The first kappa shape index (κ1) is 15.2. The monoisotopic (exact) mass is 353 g/mol. The van der Waals surface area contributed by atoms with E-state index in [-0.39, 0.29) is 30.1 Å². The number of rotatable bonds is 4. The summed E-state index contributed by atoms with van der Waals surface area (Å²) < 4.78 is 14.9. The van der Waals surface area contributed by atoms with Crippen LogP contribution in [-0.2, 0) is 11.3 Å². The van der Waals surface area contributed by atoms with Crippen LogP contribution in [0.5, 0.6) is 0 Å². The van der Waals surface area contributed by atoms with Crippen LogP contribution >= 0.6 is 15.9 Å². The third-order valence-corrected chi connectivity index (χ3v) is 3.44. The van der Waals surface area contributed by atoms with Crippen molar-refractivity contribution in [2.75, 3.05) is 11.1 Å². The van der Waals surface area contributed by atoms with Gasteiger partial charge in [0.25, 0.3) is 5.56 Å². The van der Waals surface area contributed by atoms with Crippen LogP contribution in [0.25, 0.3) is 0 Å². The predicted molar refractivity (Wildman–Crippen MR) is 82.5 cm³/mol. The van der Waals surface area contributed by atoms with Gasteiger partial charge in [0, 0.05) is 24.8 Å². The molecule has 2 aromatic rings. The number of nitrogens with one attached hydrogen (secondary N) is 1. The average Bonchev–Trinajstić information content (AvgIpc) is 2.44. The van der Waals surface area contributed by atoms with Crippen molar-refractivity contribution in [3.8, 4) is 0 Å². The van der Waals surface area contributed by atoms with Crippen molar-refractivity contribution in [1.82, 2.24) is 4.57 Å². The number of halogens is 2. The Morgan fingerprint density at radius 3 is 2.86 bits per heavy atom. The summed E-state index contributed by atoms with van der Waals surface area (Å²) in [6.07, 6.45) is 1.73. The zero-order chi connectivity index (χ0) is 15.4. The van der Waals surface area contributed by atoms with E-state index in [0.717, 1.165) is 0 Å². The number of amides is 1. The lowest BCUT2D eigenvalue weighted by atomic mass is 10.2. The van der Waals surface area contributed by atoms with Gasteiger partial charge in [-0.25, -0.2) is 4.39 Å². The van der Waals surface area contributed by atoms with Crippen molar-refractivity contribution in [1.29, 1.82) is 0 Å². The molecule has 1 amide bonds. The molecule has 0 atom stereocenters. The van der Waals surface area contributed by atoms with E-state index in [9.17, 15) is 14.0 Å². The minimum Gasteiger partial charge on any atom is -0.396 e. The van der Waals surface area contributed by atoms with E-state index >= 15 is 0 Å². The molecule has 0 spiro atoms. The lowest BCUT2D eigenvalue weighted by Crippen LogP contribution is -2.23. The summed E-state index contributed by atoms with van der Waals surface area (Å²) in [5, 5.41) is 2.60. The van der Waals surface area contributed by atoms with Gasteiger partial charge >= 0.3 is 0 Å². The molecule has 1 aromatic carbocycles. The van der Waals surface area contributed by atoms with E-state index in [1.165, 1.54) is 22.8 Å². The first-order chi connectivity index (χ1) is 9.97. The molecular formula is C14H13BrFN3O2. The Morgan fingerprint density at radius 2 is 2.14 bits per heavy atom. The second-order valence-corrected chi connectivity index (χ2v) is 5.24. The summed E-state index contributed by atoms with van der Waals surface area (Å²) in [7, 11) is 0. The second kappa shape index (κ2) is 6.53. The number of nitrogens with zero attached hydrogens (tertiary/aromatic N) is 1. The summed E-state index contributed by atoms with van der Waals surface area (Å²) in [5.74, 6) is -0.818. The number of aryl methyl sites for hydroxylation is 1. The van der Waals surface area contributed by atoms with Crippen LogP contribution in [0.15, 0.2) is 45.8 Å². The minimum absolute atomic E-state index is 0.0315. The molecule has 0 bridgehead atoms. The number of nitrogens with two attached hydrogens (primary N) is 1. The highest BCUT2D eigenvalue weighted by Crippen LogP contribution is 2.16. The molecule has 0 fully saturated rings. The highest BCUT2D eigenvalue weighted by Gasteiger charge is 2.06. The van der Waals surface area contributed by atoms with E-state index < -0.39 is 5.82 Å². The Morgan fingerprint density at radius 1 is 1.38 bits per heavy atom. The fourth-order valence-corrected chi connectivity index (χ4v) is 2.13. The van der Waals surface area contributed by atoms with Crippen molar-refractivity contribution in [2.24, 2.45) is 0 Å². The van der Waals surface area contributed by atoms with E-state index in [2.05, 4.69) is 21.2 Å². The van der Waals surface area contributed by atoms with Gasteiger partial charge in [0.2, 0.25) is 5.91 Å². The maximum Gasteiger partial charge on any atom is 0.264 e. The maximum absolute atomic E-state index is 13.0. The zero-order valence-electron chi connectivity index (χ0n) is 11.0. The molecule has 2 rings (SSSR count). The first-order valence-electron chi connectivity index (χ1n) is 6.17. The molecule has 0 aliphatic carbocycles. The molecule has 21 heavy (non-hydrogen) atoms. The van der Waals surface area contributed by atoms with Crippen LogP contribution in [0.4, 0.5) is 15.8 Å². The fraction of sp³-hybridized carbons (Fsp3) is 0.143. The number of benzene rings is 1. The number of carbonyl (C=O) groups excluding carboxylic acids is 1. The first-order valence-corrected chi connectivity index (χ1v) is 6.96. The van der Waals surface area contributed by atoms with Gasteiger partial charge in [0.1, 0.15) is 5.82 Å². The molecule has 3 N–H and O–H groups in total. The Labute approximate surface area is 128 Å². The van der Waals surface area contributed by atoms with Crippen LogP contribution in [0.3, 0.4) is 0 Å². The van der Waals surface area contributed by atoms with E-state index in [1.54, 1.807) is 18.3 Å². The quantitative estimate of drug-likeness (QED) is 0.828. The molecule has 5 nitrogen and oxygen atoms in total. The van der Waals surface area contributed by atoms with E-state index in [4.69, 9.17) is 5.73 Å². The van der Waals surface area contributed by atoms with Gasteiger partial charge in [-0.15, -0.1) is 0 Å². The van der Waals surface area contributed by atoms with Gasteiger partial charge in [-0.3, -0.25) is 9.59 Å².